The molecule has 0 radical (unpaired) electrons. The van der Waals surface area contributed by atoms with Crippen LogP contribution in [0.25, 0.3) is 0 Å². The molecule has 1 heterocycles. The minimum atomic E-state index is -3.07. The van der Waals surface area contributed by atoms with Gasteiger partial charge in [-0.2, -0.15) is 0 Å². The normalized spacial score (nSPS) is 33.3. The number of sulfone groups is 1. The van der Waals surface area contributed by atoms with Crippen LogP contribution in [0.1, 0.15) is 31.2 Å². The van der Waals surface area contributed by atoms with E-state index in [-0.39, 0.29) is 12.0 Å². The summed E-state index contributed by atoms with van der Waals surface area (Å²) in [6.45, 7) is 1.99. The van der Waals surface area contributed by atoms with Crippen molar-refractivity contribution < 1.29 is 8.42 Å². The van der Waals surface area contributed by atoms with Crippen LogP contribution in [0.4, 0.5) is 0 Å². The van der Waals surface area contributed by atoms with Crippen LogP contribution in [0, 0.1) is 5.92 Å². The predicted octanol–water partition coefficient (Wildman–Crippen LogP) is 1.34. The summed E-state index contributed by atoms with van der Waals surface area (Å²) in [6.07, 6.45) is 6.44. The van der Waals surface area contributed by atoms with E-state index in [9.17, 15) is 8.42 Å². The summed E-state index contributed by atoms with van der Waals surface area (Å²) in [5, 5.41) is -0.407. The smallest absolute Gasteiger partial charge is 0.152 e. The lowest BCUT2D eigenvalue weighted by atomic mass is 9.76. The third-order valence-corrected chi connectivity index (χ3v) is 5.67. The monoisotopic (exact) mass is 268 g/mol. The zero-order valence-electron chi connectivity index (χ0n) is 10.8. The first-order valence-corrected chi connectivity index (χ1v) is 8.19. The Morgan fingerprint density at radius 3 is 2.39 bits per heavy atom. The fourth-order valence-corrected chi connectivity index (χ4v) is 4.91. The lowest BCUT2D eigenvalue weighted by molar-refractivity contribution is 0.309. The first-order chi connectivity index (χ1) is 8.39. The maximum Gasteiger partial charge on any atom is 0.152 e. The SMILES string of the molecule is C[C@H]1C[C@@H](c2ccncc2)C[C@@H](N)[C@H]1S(C)(=O)=O. The van der Waals surface area contributed by atoms with E-state index in [1.807, 2.05) is 19.1 Å². The first kappa shape index (κ1) is 13.5. The van der Waals surface area contributed by atoms with E-state index < -0.39 is 15.1 Å². The Morgan fingerprint density at radius 2 is 1.89 bits per heavy atom. The van der Waals surface area contributed by atoms with Gasteiger partial charge in [0.05, 0.1) is 5.25 Å². The number of pyridine rings is 1. The van der Waals surface area contributed by atoms with Gasteiger partial charge in [0.15, 0.2) is 9.84 Å². The average Bonchev–Trinajstić information content (AvgIpc) is 2.27. The summed E-state index contributed by atoms with van der Waals surface area (Å²) in [4.78, 5) is 4.01. The van der Waals surface area contributed by atoms with E-state index in [1.165, 1.54) is 11.8 Å². The summed E-state index contributed by atoms with van der Waals surface area (Å²) < 4.78 is 23.5. The molecule has 1 aromatic rings. The van der Waals surface area contributed by atoms with Gasteiger partial charge >= 0.3 is 0 Å². The second-order valence-electron chi connectivity index (χ2n) is 5.38. The number of hydrogen-bond donors (Lipinski definition) is 1. The molecule has 18 heavy (non-hydrogen) atoms. The Bertz CT molecular complexity index is 489. The second kappa shape index (κ2) is 4.97. The molecule has 100 valence electrons. The first-order valence-electron chi connectivity index (χ1n) is 6.24. The molecule has 4 nitrogen and oxygen atoms in total. The molecule has 0 saturated heterocycles. The van der Waals surface area contributed by atoms with Crippen LogP contribution in [0.3, 0.4) is 0 Å². The van der Waals surface area contributed by atoms with Crippen molar-refractivity contribution in [3.8, 4) is 0 Å². The van der Waals surface area contributed by atoms with Gasteiger partial charge < -0.3 is 5.73 Å². The minimum Gasteiger partial charge on any atom is -0.326 e. The van der Waals surface area contributed by atoms with Crippen LogP contribution in [0.15, 0.2) is 24.5 Å². The quantitative estimate of drug-likeness (QED) is 0.878. The summed E-state index contributed by atoms with van der Waals surface area (Å²) >= 11 is 0. The third-order valence-electron chi connectivity index (χ3n) is 3.87. The van der Waals surface area contributed by atoms with Gasteiger partial charge in [0.1, 0.15) is 0 Å². The molecule has 2 N–H and O–H groups in total. The van der Waals surface area contributed by atoms with Crippen molar-refractivity contribution in [3.05, 3.63) is 30.1 Å². The molecule has 0 aromatic carbocycles. The van der Waals surface area contributed by atoms with E-state index in [0.717, 1.165) is 12.8 Å². The van der Waals surface area contributed by atoms with Gasteiger partial charge in [-0.15, -0.1) is 0 Å². The van der Waals surface area contributed by atoms with Crippen molar-refractivity contribution in [3.63, 3.8) is 0 Å². The molecule has 4 atom stereocenters. The molecule has 0 spiro atoms. The highest BCUT2D eigenvalue weighted by atomic mass is 32.2. The van der Waals surface area contributed by atoms with Crippen molar-refractivity contribution in [1.29, 1.82) is 0 Å². The van der Waals surface area contributed by atoms with Gasteiger partial charge in [-0.05, 0) is 42.4 Å². The molecule has 5 heteroatoms. The molecular weight excluding hydrogens is 248 g/mol. The van der Waals surface area contributed by atoms with Crippen LogP contribution < -0.4 is 5.73 Å². The second-order valence-corrected chi connectivity index (χ2v) is 7.59. The Balaban J connectivity index is 2.20. The van der Waals surface area contributed by atoms with E-state index in [0.29, 0.717) is 5.92 Å². The van der Waals surface area contributed by atoms with E-state index in [1.54, 1.807) is 12.4 Å². The van der Waals surface area contributed by atoms with Gasteiger partial charge in [0.25, 0.3) is 0 Å². The fraction of sp³-hybridized carbons (Fsp3) is 0.615. The molecule has 1 saturated carbocycles. The van der Waals surface area contributed by atoms with Crippen molar-refractivity contribution in [1.82, 2.24) is 4.98 Å². The fourth-order valence-electron chi connectivity index (χ4n) is 3.21. The summed E-state index contributed by atoms with van der Waals surface area (Å²) in [5.74, 6) is 0.443. The van der Waals surface area contributed by atoms with Gasteiger partial charge in [-0.1, -0.05) is 6.92 Å². The molecule has 0 amide bonds. The standard InChI is InChI=1S/C13H20N2O2S/c1-9-7-11(10-3-5-15-6-4-10)8-12(14)13(9)18(2,16)17/h3-6,9,11-13H,7-8,14H2,1-2H3/t9-,11+,12+,13-/m0/s1. The summed E-state index contributed by atoms with van der Waals surface area (Å²) in [7, 11) is -3.07. The number of nitrogens with two attached hydrogens (primary N) is 1. The van der Waals surface area contributed by atoms with Crippen LogP contribution in [0.5, 0.6) is 0 Å². The molecule has 1 aliphatic rings. The molecule has 0 unspecified atom stereocenters. The van der Waals surface area contributed by atoms with Crippen molar-refractivity contribution >= 4 is 9.84 Å². The van der Waals surface area contributed by atoms with E-state index in [4.69, 9.17) is 5.73 Å². The summed E-state index contributed by atoms with van der Waals surface area (Å²) in [5.41, 5.74) is 7.30. The molecule has 0 aliphatic heterocycles. The Labute approximate surface area is 109 Å². The third kappa shape index (κ3) is 2.72. The van der Waals surface area contributed by atoms with Crippen LogP contribution in [-0.4, -0.2) is 30.9 Å². The van der Waals surface area contributed by atoms with Gasteiger partial charge in [0, 0.05) is 24.7 Å². The predicted molar refractivity (Wildman–Crippen MR) is 72.0 cm³/mol. The number of rotatable bonds is 2. The molecule has 0 bridgehead atoms. The van der Waals surface area contributed by atoms with E-state index >= 15 is 0 Å². The van der Waals surface area contributed by atoms with Crippen molar-refractivity contribution in [2.24, 2.45) is 11.7 Å². The lowest BCUT2D eigenvalue weighted by Crippen LogP contribution is -2.48. The van der Waals surface area contributed by atoms with Crippen molar-refractivity contribution in [2.75, 3.05) is 6.26 Å². The lowest BCUT2D eigenvalue weighted by Gasteiger charge is -2.37. The highest BCUT2D eigenvalue weighted by Gasteiger charge is 2.39. The molecule has 1 aliphatic carbocycles. The maximum atomic E-state index is 11.8. The Kier molecular flexibility index (Phi) is 3.73. The molecule has 2 rings (SSSR count). The molecule has 1 fully saturated rings. The number of aromatic nitrogens is 1. The van der Waals surface area contributed by atoms with Gasteiger partial charge in [0.2, 0.25) is 0 Å². The topological polar surface area (TPSA) is 73.0 Å². The van der Waals surface area contributed by atoms with Crippen LogP contribution >= 0.6 is 0 Å². The number of hydrogen-bond acceptors (Lipinski definition) is 4. The van der Waals surface area contributed by atoms with Crippen LogP contribution in [0.2, 0.25) is 0 Å². The van der Waals surface area contributed by atoms with Crippen LogP contribution in [-0.2, 0) is 9.84 Å². The Morgan fingerprint density at radius 1 is 1.28 bits per heavy atom. The van der Waals surface area contributed by atoms with Gasteiger partial charge in [-0.25, -0.2) is 8.42 Å². The zero-order valence-corrected chi connectivity index (χ0v) is 11.6. The summed E-state index contributed by atoms with van der Waals surface area (Å²) in [6, 6.07) is 3.71. The average molecular weight is 268 g/mol. The number of nitrogens with zero attached hydrogens (tertiary/aromatic N) is 1. The maximum absolute atomic E-state index is 11.8. The minimum absolute atomic E-state index is 0.0990. The zero-order chi connectivity index (χ0) is 13.3. The highest BCUT2D eigenvalue weighted by molar-refractivity contribution is 7.91. The van der Waals surface area contributed by atoms with Crippen molar-refractivity contribution in [2.45, 2.75) is 37.0 Å². The van der Waals surface area contributed by atoms with Gasteiger partial charge in [-0.3, -0.25) is 4.98 Å². The molecular formula is C13H20N2O2S. The Hall–Kier alpha value is -0.940. The highest BCUT2D eigenvalue weighted by Crippen LogP contribution is 2.37. The largest absolute Gasteiger partial charge is 0.326 e. The molecule has 1 aromatic heterocycles. The van der Waals surface area contributed by atoms with E-state index in [2.05, 4.69) is 4.98 Å².